The second-order valence-corrected chi connectivity index (χ2v) is 4.49. The first-order chi connectivity index (χ1) is 4.12. The summed E-state index contributed by atoms with van der Waals surface area (Å²) < 4.78 is 20.3. The topological polar surface area (TPSA) is 35.5 Å². The van der Waals surface area contributed by atoms with Crippen molar-refractivity contribution in [2.75, 3.05) is 13.2 Å². The lowest BCUT2D eigenvalue weighted by atomic mass is 10.9. The monoisotopic (exact) mass is 171 g/mol. The van der Waals surface area contributed by atoms with Crippen LogP contribution in [0.4, 0.5) is 0 Å². The van der Waals surface area contributed by atoms with Crippen molar-refractivity contribution < 1.29 is 13.6 Å². The fourth-order valence-corrected chi connectivity index (χ4v) is 1.91. The molecule has 0 rings (SSSR count). The standard InChI is InChI=1S/C4H11O3PS/c1-3-6-8(5,9)7-4-2/h3-4H2,1-2H3,(H,5,9)/p+1. The van der Waals surface area contributed by atoms with Crippen LogP contribution in [0.5, 0.6) is 0 Å². The lowest BCUT2D eigenvalue weighted by Gasteiger charge is -2.02. The average molecular weight is 171 g/mol. The Morgan fingerprint density at radius 3 is 1.89 bits per heavy atom. The largest absolute Gasteiger partial charge is 0.536 e. The Hall–Kier alpha value is 0.500. The maximum atomic E-state index is 10.9. The number of hydrogen-bond acceptors (Lipinski definition) is 3. The third kappa shape index (κ3) is 4.97. The first kappa shape index (κ1) is 9.50. The van der Waals surface area contributed by atoms with Crippen molar-refractivity contribution in [3.8, 4) is 0 Å². The Kier molecular flexibility index (Phi) is 4.58. The van der Waals surface area contributed by atoms with Crippen molar-refractivity contribution in [1.29, 1.82) is 0 Å². The van der Waals surface area contributed by atoms with Gasteiger partial charge < -0.3 is 0 Å². The summed E-state index contributed by atoms with van der Waals surface area (Å²) in [5, 5.41) is 0. The van der Waals surface area contributed by atoms with Crippen molar-refractivity contribution in [3.63, 3.8) is 0 Å². The zero-order valence-corrected chi connectivity index (χ0v) is 7.48. The van der Waals surface area contributed by atoms with Crippen LogP contribution < -0.4 is 0 Å². The van der Waals surface area contributed by atoms with E-state index in [-0.39, 0.29) is 0 Å². The summed E-state index contributed by atoms with van der Waals surface area (Å²) in [6.07, 6.45) is 0. The van der Waals surface area contributed by atoms with Gasteiger partial charge in [0.05, 0.1) is 25.5 Å². The first-order valence-corrected chi connectivity index (χ1v) is 5.65. The zero-order valence-electron chi connectivity index (χ0n) is 5.59. The van der Waals surface area contributed by atoms with E-state index in [1.807, 2.05) is 0 Å². The minimum absolute atomic E-state index is 0.390. The molecule has 0 aliphatic heterocycles. The smallest absolute Gasteiger partial charge is 0.269 e. The van der Waals surface area contributed by atoms with E-state index in [2.05, 4.69) is 12.2 Å². The van der Waals surface area contributed by atoms with Crippen LogP contribution in [0.2, 0.25) is 0 Å². The van der Waals surface area contributed by atoms with Crippen LogP contribution >= 0.6 is 6.80 Å². The third-order valence-electron chi connectivity index (χ3n) is 0.598. The highest BCUT2D eigenvalue weighted by molar-refractivity contribution is 8.32. The molecule has 0 spiro atoms. The molecule has 0 radical (unpaired) electrons. The lowest BCUT2D eigenvalue weighted by molar-refractivity contribution is 0.237. The number of rotatable bonds is 4. The second-order valence-electron chi connectivity index (χ2n) is 1.33. The number of hydrogen-bond donors (Lipinski definition) is 0. The Labute approximate surface area is 60.4 Å². The van der Waals surface area contributed by atoms with Crippen molar-refractivity contribution in [3.05, 3.63) is 0 Å². The summed E-state index contributed by atoms with van der Waals surface area (Å²) in [6, 6.07) is 0. The van der Waals surface area contributed by atoms with E-state index in [0.29, 0.717) is 13.2 Å². The van der Waals surface area contributed by atoms with Crippen LogP contribution in [0.3, 0.4) is 0 Å². The molecule has 9 heavy (non-hydrogen) atoms. The minimum Gasteiger partial charge on any atom is -0.269 e. The van der Waals surface area contributed by atoms with E-state index in [9.17, 15) is 4.57 Å². The molecule has 0 N–H and O–H groups in total. The molecule has 0 aliphatic rings. The van der Waals surface area contributed by atoms with Gasteiger partial charge in [-0.2, -0.15) is 0 Å². The van der Waals surface area contributed by atoms with Gasteiger partial charge in [-0.1, -0.05) is 0 Å². The fraction of sp³-hybridized carbons (Fsp3) is 1.00. The quantitative estimate of drug-likeness (QED) is 0.470. The highest BCUT2D eigenvalue weighted by Crippen LogP contribution is 2.44. The summed E-state index contributed by atoms with van der Waals surface area (Å²) in [6.45, 7) is 1.40. The highest BCUT2D eigenvalue weighted by atomic mass is 32.7. The van der Waals surface area contributed by atoms with Gasteiger partial charge in [0.15, 0.2) is 0 Å². The average Bonchev–Trinajstić information content (AvgIpc) is 1.64. The highest BCUT2D eigenvalue weighted by Gasteiger charge is 2.24. The lowest BCUT2D eigenvalue weighted by Crippen LogP contribution is -1.91. The van der Waals surface area contributed by atoms with Gasteiger partial charge in [0, 0.05) is 0 Å². The van der Waals surface area contributed by atoms with E-state index in [1.54, 1.807) is 13.8 Å². The molecule has 0 fully saturated rings. The Morgan fingerprint density at radius 1 is 1.33 bits per heavy atom. The van der Waals surface area contributed by atoms with E-state index < -0.39 is 6.80 Å². The van der Waals surface area contributed by atoms with Gasteiger partial charge in [0.25, 0.3) is 0 Å². The maximum Gasteiger partial charge on any atom is 0.536 e. The molecule has 0 saturated carbocycles. The first-order valence-electron chi connectivity index (χ1n) is 2.76. The van der Waals surface area contributed by atoms with Gasteiger partial charge in [-0.3, -0.25) is 9.05 Å². The van der Waals surface area contributed by atoms with Crippen LogP contribution in [0.25, 0.3) is 0 Å². The molecule has 0 heterocycles. The Morgan fingerprint density at radius 2 is 1.67 bits per heavy atom. The molecule has 0 aromatic carbocycles. The van der Waals surface area contributed by atoms with Crippen LogP contribution in [0.15, 0.2) is 0 Å². The molecule has 0 saturated heterocycles. The summed E-state index contributed by atoms with van der Waals surface area (Å²) in [5.74, 6) is 0. The molecular formula is C4H12O3PS+. The second kappa shape index (κ2) is 4.34. The fourth-order valence-electron chi connectivity index (χ4n) is 0.377. The Balaban J connectivity index is 3.58. The molecular weight excluding hydrogens is 159 g/mol. The van der Waals surface area contributed by atoms with Gasteiger partial charge in [-0.25, -0.2) is 4.57 Å². The van der Waals surface area contributed by atoms with E-state index in [4.69, 9.17) is 9.05 Å². The van der Waals surface area contributed by atoms with Crippen molar-refractivity contribution in [2.45, 2.75) is 13.8 Å². The Bertz CT molecular complexity index is 106. The summed E-state index contributed by atoms with van der Waals surface area (Å²) >= 11 is 2.86. The van der Waals surface area contributed by atoms with E-state index >= 15 is 0 Å². The minimum atomic E-state index is -2.89. The molecule has 5 heteroatoms. The van der Waals surface area contributed by atoms with Crippen LogP contribution in [0, 0.1) is 0 Å². The maximum absolute atomic E-state index is 10.9. The summed E-state index contributed by atoms with van der Waals surface area (Å²) in [4.78, 5) is 0. The molecule has 0 atom stereocenters. The molecule has 0 unspecified atom stereocenters. The van der Waals surface area contributed by atoms with E-state index in [0.717, 1.165) is 0 Å². The third-order valence-corrected chi connectivity index (χ3v) is 2.57. The molecule has 0 aliphatic carbocycles. The predicted molar refractivity (Wildman–Crippen MR) is 41.0 cm³/mol. The predicted octanol–water partition coefficient (Wildman–Crippen LogP) is 1.18. The van der Waals surface area contributed by atoms with Crippen molar-refractivity contribution in [1.82, 2.24) is 0 Å². The zero-order chi connectivity index (χ0) is 7.33. The molecule has 0 aromatic heterocycles. The van der Waals surface area contributed by atoms with Crippen molar-refractivity contribution >= 4 is 19.0 Å². The van der Waals surface area contributed by atoms with Crippen LogP contribution in [-0.2, 0) is 25.9 Å². The van der Waals surface area contributed by atoms with Gasteiger partial charge in [0.1, 0.15) is 0 Å². The summed E-state index contributed by atoms with van der Waals surface area (Å²) in [7, 11) is 0. The molecule has 0 aromatic rings. The van der Waals surface area contributed by atoms with Gasteiger partial charge >= 0.3 is 6.80 Å². The van der Waals surface area contributed by atoms with Crippen molar-refractivity contribution in [2.24, 2.45) is 0 Å². The SMILES string of the molecule is CCOP(=O)([SH2+])OCC. The van der Waals surface area contributed by atoms with Gasteiger partial charge in [-0.05, 0) is 13.8 Å². The molecule has 0 bridgehead atoms. The molecule has 0 amide bonds. The van der Waals surface area contributed by atoms with Crippen LogP contribution in [-0.4, -0.2) is 13.2 Å². The van der Waals surface area contributed by atoms with Crippen LogP contribution in [0.1, 0.15) is 13.8 Å². The normalized spacial score (nSPS) is 11.9. The summed E-state index contributed by atoms with van der Waals surface area (Å²) in [5.41, 5.74) is 0. The van der Waals surface area contributed by atoms with Gasteiger partial charge in [0.2, 0.25) is 0 Å². The molecule has 56 valence electrons. The molecule has 3 nitrogen and oxygen atoms in total. The van der Waals surface area contributed by atoms with Gasteiger partial charge in [-0.15, -0.1) is 0 Å². The van der Waals surface area contributed by atoms with E-state index in [1.165, 1.54) is 0 Å².